The molecule has 0 aromatic heterocycles. The van der Waals surface area contributed by atoms with Gasteiger partial charge in [-0.25, -0.2) is 0 Å². The van der Waals surface area contributed by atoms with E-state index in [2.05, 4.69) is 5.32 Å². The zero-order valence-corrected chi connectivity index (χ0v) is 8.90. The van der Waals surface area contributed by atoms with E-state index < -0.39 is 5.97 Å². The zero-order valence-electron chi connectivity index (χ0n) is 8.90. The minimum atomic E-state index is -0.905. The van der Waals surface area contributed by atoms with Crippen LogP contribution in [0.15, 0.2) is 24.3 Å². The highest BCUT2D eigenvalue weighted by Crippen LogP contribution is 2.17. The summed E-state index contributed by atoms with van der Waals surface area (Å²) in [7, 11) is 0. The van der Waals surface area contributed by atoms with E-state index in [0.717, 1.165) is 0 Å². The third kappa shape index (κ3) is 4.45. The van der Waals surface area contributed by atoms with E-state index in [9.17, 15) is 9.59 Å². The third-order valence-corrected chi connectivity index (χ3v) is 1.74. The number of anilines is 1. The second-order valence-corrected chi connectivity index (χ2v) is 3.20. The molecule has 0 aliphatic carbocycles. The molecule has 0 saturated heterocycles. The molecule has 0 saturated carbocycles. The minimum absolute atomic E-state index is 0.0512. The Balaban J connectivity index is 2.53. The first-order valence-corrected chi connectivity index (χ1v) is 4.80. The van der Waals surface area contributed by atoms with Gasteiger partial charge in [-0.1, -0.05) is 6.07 Å². The van der Waals surface area contributed by atoms with Gasteiger partial charge in [0.05, 0.1) is 13.0 Å². The molecule has 1 aromatic rings. The SMILES string of the molecule is CC(=O)Nc1cccc(OCCC(=O)O)c1. The van der Waals surface area contributed by atoms with Gasteiger partial charge in [0.15, 0.2) is 0 Å². The van der Waals surface area contributed by atoms with E-state index in [1.165, 1.54) is 6.92 Å². The van der Waals surface area contributed by atoms with Gasteiger partial charge in [-0.3, -0.25) is 9.59 Å². The summed E-state index contributed by atoms with van der Waals surface area (Å²) in [6.07, 6.45) is -0.0512. The van der Waals surface area contributed by atoms with Gasteiger partial charge in [0.25, 0.3) is 0 Å². The number of carboxylic acid groups (broad SMARTS) is 1. The number of amides is 1. The Labute approximate surface area is 93.0 Å². The molecule has 86 valence electrons. The lowest BCUT2D eigenvalue weighted by molar-refractivity contribution is -0.137. The van der Waals surface area contributed by atoms with Gasteiger partial charge in [-0.15, -0.1) is 0 Å². The molecule has 16 heavy (non-hydrogen) atoms. The predicted octanol–water partition coefficient (Wildman–Crippen LogP) is 1.50. The quantitative estimate of drug-likeness (QED) is 0.793. The van der Waals surface area contributed by atoms with Crippen molar-refractivity contribution in [2.75, 3.05) is 11.9 Å². The molecule has 5 nitrogen and oxygen atoms in total. The molecule has 0 spiro atoms. The molecule has 0 bridgehead atoms. The van der Waals surface area contributed by atoms with E-state index in [4.69, 9.17) is 9.84 Å². The molecular formula is C11H13NO4. The fraction of sp³-hybridized carbons (Fsp3) is 0.273. The van der Waals surface area contributed by atoms with Gasteiger partial charge in [0, 0.05) is 18.7 Å². The lowest BCUT2D eigenvalue weighted by atomic mass is 10.3. The standard InChI is InChI=1S/C11H13NO4/c1-8(13)12-9-3-2-4-10(7-9)16-6-5-11(14)15/h2-4,7H,5-6H2,1H3,(H,12,13)(H,14,15). The average Bonchev–Trinajstić information content (AvgIpc) is 2.16. The number of aliphatic carboxylic acids is 1. The first kappa shape index (κ1) is 12.0. The predicted molar refractivity (Wildman–Crippen MR) is 58.5 cm³/mol. The van der Waals surface area contributed by atoms with Gasteiger partial charge in [-0.2, -0.15) is 0 Å². The Hall–Kier alpha value is -2.04. The number of carbonyl (C=O) groups excluding carboxylic acids is 1. The van der Waals surface area contributed by atoms with Gasteiger partial charge < -0.3 is 15.2 Å². The number of rotatable bonds is 5. The maximum absolute atomic E-state index is 10.8. The summed E-state index contributed by atoms with van der Waals surface area (Å²) in [6, 6.07) is 6.79. The summed E-state index contributed by atoms with van der Waals surface area (Å²) >= 11 is 0. The number of hydrogen-bond donors (Lipinski definition) is 2. The van der Waals surface area contributed by atoms with E-state index in [1.807, 2.05) is 0 Å². The van der Waals surface area contributed by atoms with Crippen molar-refractivity contribution < 1.29 is 19.4 Å². The molecule has 1 rings (SSSR count). The van der Waals surface area contributed by atoms with E-state index in [0.29, 0.717) is 11.4 Å². The maximum Gasteiger partial charge on any atom is 0.306 e. The molecule has 2 N–H and O–H groups in total. The highest BCUT2D eigenvalue weighted by molar-refractivity contribution is 5.88. The molecular weight excluding hydrogens is 210 g/mol. The molecule has 0 heterocycles. The first-order valence-electron chi connectivity index (χ1n) is 4.80. The van der Waals surface area contributed by atoms with Crippen molar-refractivity contribution in [3.8, 4) is 5.75 Å². The maximum atomic E-state index is 10.8. The monoisotopic (exact) mass is 223 g/mol. The van der Waals surface area contributed by atoms with Crippen LogP contribution in [0, 0.1) is 0 Å². The average molecular weight is 223 g/mol. The van der Waals surface area contributed by atoms with Crippen LogP contribution in [0.2, 0.25) is 0 Å². The Kier molecular flexibility index (Phi) is 4.32. The summed E-state index contributed by atoms with van der Waals surface area (Å²) in [5.74, 6) is -0.534. The smallest absolute Gasteiger partial charge is 0.306 e. The van der Waals surface area contributed by atoms with E-state index in [-0.39, 0.29) is 18.9 Å². The van der Waals surface area contributed by atoms with E-state index in [1.54, 1.807) is 24.3 Å². The topological polar surface area (TPSA) is 75.6 Å². The largest absolute Gasteiger partial charge is 0.493 e. The highest BCUT2D eigenvalue weighted by atomic mass is 16.5. The van der Waals surface area contributed by atoms with Gasteiger partial charge in [0.1, 0.15) is 5.75 Å². The van der Waals surface area contributed by atoms with Crippen molar-refractivity contribution >= 4 is 17.6 Å². The van der Waals surface area contributed by atoms with Crippen molar-refractivity contribution in [2.24, 2.45) is 0 Å². The second-order valence-electron chi connectivity index (χ2n) is 3.20. The van der Waals surface area contributed by atoms with Crippen LogP contribution < -0.4 is 10.1 Å². The van der Waals surface area contributed by atoms with Crippen LogP contribution in [0.5, 0.6) is 5.75 Å². The Morgan fingerprint density at radius 1 is 1.44 bits per heavy atom. The van der Waals surface area contributed by atoms with Crippen LogP contribution in [-0.2, 0) is 9.59 Å². The Morgan fingerprint density at radius 3 is 2.81 bits per heavy atom. The van der Waals surface area contributed by atoms with Gasteiger partial charge in [0.2, 0.25) is 5.91 Å². The molecule has 1 aromatic carbocycles. The van der Waals surface area contributed by atoms with Crippen molar-refractivity contribution in [3.63, 3.8) is 0 Å². The van der Waals surface area contributed by atoms with E-state index >= 15 is 0 Å². The summed E-state index contributed by atoms with van der Waals surface area (Å²) in [5.41, 5.74) is 0.625. The third-order valence-electron chi connectivity index (χ3n) is 1.74. The summed E-state index contributed by atoms with van der Waals surface area (Å²) in [5, 5.41) is 11.0. The molecule has 0 atom stereocenters. The fourth-order valence-corrected chi connectivity index (χ4v) is 1.12. The van der Waals surface area contributed by atoms with Crippen LogP contribution in [0.4, 0.5) is 5.69 Å². The normalized spacial score (nSPS) is 9.56. The number of ether oxygens (including phenoxy) is 1. The lowest BCUT2D eigenvalue weighted by Gasteiger charge is -2.07. The van der Waals surface area contributed by atoms with Crippen LogP contribution in [0.25, 0.3) is 0 Å². The summed E-state index contributed by atoms with van der Waals surface area (Å²) in [4.78, 5) is 21.1. The lowest BCUT2D eigenvalue weighted by Crippen LogP contribution is -2.07. The van der Waals surface area contributed by atoms with Crippen molar-refractivity contribution in [3.05, 3.63) is 24.3 Å². The highest BCUT2D eigenvalue weighted by Gasteiger charge is 2.00. The second kappa shape index (κ2) is 5.75. The first-order chi connectivity index (χ1) is 7.58. The zero-order chi connectivity index (χ0) is 12.0. The van der Waals surface area contributed by atoms with Crippen molar-refractivity contribution in [1.82, 2.24) is 0 Å². The molecule has 0 radical (unpaired) electrons. The summed E-state index contributed by atoms with van der Waals surface area (Å²) < 4.78 is 5.21. The Morgan fingerprint density at radius 2 is 2.19 bits per heavy atom. The molecule has 0 unspecified atom stereocenters. The Bertz CT molecular complexity index is 389. The van der Waals surface area contributed by atoms with Gasteiger partial charge >= 0.3 is 5.97 Å². The molecule has 0 aliphatic rings. The number of benzene rings is 1. The van der Waals surface area contributed by atoms with Crippen molar-refractivity contribution in [1.29, 1.82) is 0 Å². The van der Waals surface area contributed by atoms with Crippen molar-refractivity contribution in [2.45, 2.75) is 13.3 Å². The molecule has 0 aliphatic heterocycles. The molecule has 0 fully saturated rings. The number of hydrogen-bond acceptors (Lipinski definition) is 3. The minimum Gasteiger partial charge on any atom is -0.493 e. The molecule has 5 heteroatoms. The number of nitrogens with one attached hydrogen (secondary N) is 1. The number of carbonyl (C=O) groups is 2. The molecule has 1 amide bonds. The van der Waals surface area contributed by atoms with Crippen LogP contribution in [0.3, 0.4) is 0 Å². The van der Waals surface area contributed by atoms with Gasteiger partial charge in [-0.05, 0) is 12.1 Å². The number of carboxylic acids is 1. The van der Waals surface area contributed by atoms with Crippen LogP contribution >= 0.6 is 0 Å². The van der Waals surface area contributed by atoms with Crippen LogP contribution in [0.1, 0.15) is 13.3 Å². The summed E-state index contributed by atoms with van der Waals surface area (Å²) in [6.45, 7) is 1.52. The fourth-order valence-electron chi connectivity index (χ4n) is 1.12. The van der Waals surface area contributed by atoms with Crippen LogP contribution in [-0.4, -0.2) is 23.6 Å².